The van der Waals surface area contributed by atoms with Crippen LogP contribution in [0.5, 0.6) is 0 Å². The Morgan fingerprint density at radius 1 is 1.53 bits per heavy atom. The second kappa shape index (κ2) is 6.25. The molecule has 0 fully saturated rings. The molecule has 0 saturated carbocycles. The van der Waals surface area contributed by atoms with Crippen molar-refractivity contribution in [2.75, 3.05) is 19.0 Å². The van der Waals surface area contributed by atoms with Crippen LogP contribution < -0.4 is 5.32 Å². The van der Waals surface area contributed by atoms with Crippen LogP contribution in [-0.2, 0) is 4.74 Å². The van der Waals surface area contributed by atoms with Gasteiger partial charge < -0.3 is 15.2 Å². The SMILES string of the molecule is CCC(COC)Nc1cc(C)ccc1C(=O)O. The van der Waals surface area contributed by atoms with E-state index in [2.05, 4.69) is 5.32 Å². The number of benzene rings is 1. The van der Waals surface area contributed by atoms with E-state index in [-0.39, 0.29) is 6.04 Å². The van der Waals surface area contributed by atoms with Gasteiger partial charge in [0.05, 0.1) is 12.2 Å². The van der Waals surface area contributed by atoms with Gasteiger partial charge in [-0.05, 0) is 31.0 Å². The number of aromatic carboxylic acids is 1. The summed E-state index contributed by atoms with van der Waals surface area (Å²) in [6.45, 7) is 4.53. The first kappa shape index (κ1) is 13.5. The number of hydrogen-bond donors (Lipinski definition) is 2. The van der Waals surface area contributed by atoms with Crippen molar-refractivity contribution < 1.29 is 14.6 Å². The van der Waals surface area contributed by atoms with Crippen molar-refractivity contribution >= 4 is 11.7 Å². The summed E-state index contributed by atoms with van der Waals surface area (Å²) in [5, 5.41) is 12.3. The Bertz CT molecular complexity index is 390. The van der Waals surface area contributed by atoms with E-state index >= 15 is 0 Å². The topological polar surface area (TPSA) is 58.6 Å². The van der Waals surface area contributed by atoms with Gasteiger partial charge in [0.15, 0.2) is 0 Å². The number of hydrogen-bond acceptors (Lipinski definition) is 3. The Balaban J connectivity index is 2.94. The van der Waals surface area contributed by atoms with Gasteiger partial charge in [-0.1, -0.05) is 13.0 Å². The molecule has 17 heavy (non-hydrogen) atoms. The number of aryl methyl sites for hydroxylation is 1. The first-order chi connectivity index (χ1) is 8.08. The van der Waals surface area contributed by atoms with E-state index in [1.807, 2.05) is 19.9 Å². The molecule has 0 amide bonds. The van der Waals surface area contributed by atoms with Gasteiger partial charge in [-0.25, -0.2) is 4.79 Å². The number of rotatable bonds is 6. The van der Waals surface area contributed by atoms with Gasteiger partial charge in [0, 0.05) is 18.8 Å². The highest BCUT2D eigenvalue weighted by Crippen LogP contribution is 2.19. The monoisotopic (exact) mass is 237 g/mol. The minimum atomic E-state index is -0.917. The van der Waals surface area contributed by atoms with Gasteiger partial charge in [0.25, 0.3) is 0 Å². The van der Waals surface area contributed by atoms with Crippen molar-refractivity contribution in [3.05, 3.63) is 29.3 Å². The van der Waals surface area contributed by atoms with Crippen molar-refractivity contribution in [1.29, 1.82) is 0 Å². The number of carbonyl (C=O) groups is 1. The molecule has 0 saturated heterocycles. The Labute approximate surface area is 102 Å². The molecule has 0 radical (unpaired) electrons. The molecule has 1 aromatic carbocycles. The predicted molar refractivity (Wildman–Crippen MR) is 67.7 cm³/mol. The van der Waals surface area contributed by atoms with Crippen LogP contribution in [0.15, 0.2) is 18.2 Å². The van der Waals surface area contributed by atoms with Crippen LogP contribution in [-0.4, -0.2) is 30.8 Å². The molecular formula is C13H19NO3. The van der Waals surface area contributed by atoms with E-state index in [1.54, 1.807) is 19.2 Å². The summed E-state index contributed by atoms with van der Waals surface area (Å²) in [6, 6.07) is 5.40. The highest BCUT2D eigenvalue weighted by atomic mass is 16.5. The zero-order chi connectivity index (χ0) is 12.8. The summed E-state index contributed by atoms with van der Waals surface area (Å²) < 4.78 is 5.09. The Hall–Kier alpha value is -1.55. The standard InChI is InChI=1S/C13H19NO3/c1-4-10(8-17-3)14-12-7-9(2)5-6-11(12)13(15)16/h5-7,10,14H,4,8H2,1-3H3,(H,15,16). The molecule has 2 N–H and O–H groups in total. The molecular weight excluding hydrogens is 218 g/mol. The van der Waals surface area contributed by atoms with Gasteiger partial charge >= 0.3 is 5.97 Å². The molecule has 4 nitrogen and oxygen atoms in total. The Morgan fingerprint density at radius 3 is 2.76 bits per heavy atom. The molecule has 94 valence electrons. The fourth-order valence-corrected chi connectivity index (χ4v) is 1.65. The van der Waals surface area contributed by atoms with Crippen molar-refractivity contribution in [2.45, 2.75) is 26.3 Å². The second-order valence-electron chi connectivity index (χ2n) is 4.06. The van der Waals surface area contributed by atoms with E-state index < -0.39 is 5.97 Å². The van der Waals surface area contributed by atoms with Crippen molar-refractivity contribution in [3.63, 3.8) is 0 Å². The van der Waals surface area contributed by atoms with Gasteiger partial charge in [0.2, 0.25) is 0 Å². The molecule has 4 heteroatoms. The van der Waals surface area contributed by atoms with Crippen LogP contribution in [0.3, 0.4) is 0 Å². The van der Waals surface area contributed by atoms with E-state index in [1.165, 1.54) is 0 Å². The van der Waals surface area contributed by atoms with E-state index in [0.29, 0.717) is 17.9 Å². The number of carboxylic acids is 1. The van der Waals surface area contributed by atoms with Crippen LogP contribution in [0.4, 0.5) is 5.69 Å². The normalized spacial score (nSPS) is 12.2. The van der Waals surface area contributed by atoms with E-state index in [0.717, 1.165) is 12.0 Å². The molecule has 0 heterocycles. The lowest BCUT2D eigenvalue weighted by Gasteiger charge is -2.19. The summed E-state index contributed by atoms with van der Waals surface area (Å²) in [6.07, 6.45) is 0.876. The quantitative estimate of drug-likeness (QED) is 0.798. The van der Waals surface area contributed by atoms with E-state index in [9.17, 15) is 4.79 Å². The molecule has 0 aliphatic heterocycles. The average molecular weight is 237 g/mol. The maximum Gasteiger partial charge on any atom is 0.337 e. The molecule has 0 aromatic heterocycles. The second-order valence-corrected chi connectivity index (χ2v) is 4.06. The van der Waals surface area contributed by atoms with Gasteiger partial charge in [-0.2, -0.15) is 0 Å². The van der Waals surface area contributed by atoms with Crippen molar-refractivity contribution in [3.8, 4) is 0 Å². The zero-order valence-corrected chi connectivity index (χ0v) is 10.5. The molecule has 1 unspecified atom stereocenters. The highest BCUT2D eigenvalue weighted by Gasteiger charge is 2.13. The molecule has 0 aliphatic rings. The molecule has 0 aliphatic carbocycles. The molecule has 1 aromatic rings. The van der Waals surface area contributed by atoms with Gasteiger partial charge in [-0.3, -0.25) is 0 Å². The summed E-state index contributed by atoms with van der Waals surface area (Å²) in [5.41, 5.74) is 1.98. The van der Waals surface area contributed by atoms with Crippen molar-refractivity contribution in [1.82, 2.24) is 0 Å². The Kier molecular flexibility index (Phi) is 4.97. The lowest BCUT2D eigenvalue weighted by atomic mass is 10.1. The van der Waals surface area contributed by atoms with Gasteiger partial charge in [0.1, 0.15) is 0 Å². The number of anilines is 1. The average Bonchev–Trinajstić information content (AvgIpc) is 2.28. The lowest BCUT2D eigenvalue weighted by Crippen LogP contribution is -2.25. The highest BCUT2D eigenvalue weighted by molar-refractivity contribution is 5.94. The number of ether oxygens (including phenoxy) is 1. The number of methoxy groups -OCH3 is 1. The third kappa shape index (κ3) is 3.75. The largest absolute Gasteiger partial charge is 0.478 e. The fourth-order valence-electron chi connectivity index (χ4n) is 1.65. The molecule has 1 atom stereocenters. The first-order valence-electron chi connectivity index (χ1n) is 5.67. The van der Waals surface area contributed by atoms with Crippen LogP contribution in [0.1, 0.15) is 29.3 Å². The van der Waals surface area contributed by atoms with Gasteiger partial charge in [-0.15, -0.1) is 0 Å². The molecule has 0 bridgehead atoms. The van der Waals surface area contributed by atoms with Crippen LogP contribution in [0.25, 0.3) is 0 Å². The Morgan fingerprint density at radius 2 is 2.24 bits per heavy atom. The summed E-state index contributed by atoms with van der Waals surface area (Å²) in [4.78, 5) is 11.1. The number of nitrogens with one attached hydrogen (secondary N) is 1. The van der Waals surface area contributed by atoms with Crippen LogP contribution >= 0.6 is 0 Å². The minimum absolute atomic E-state index is 0.125. The summed E-state index contributed by atoms with van der Waals surface area (Å²) >= 11 is 0. The molecule has 1 rings (SSSR count). The van der Waals surface area contributed by atoms with Crippen LogP contribution in [0, 0.1) is 6.92 Å². The predicted octanol–water partition coefficient (Wildman–Crippen LogP) is 2.53. The smallest absolute Gasteiger partial charge is 0.337 e. The zero-order valence-electron chi connectivity index (χ0n) is 10.5. The molecule has 0 spiro atoms. The van der Waals surface area contributed by atoms with Crippen LogP contribution in [0.2, 0.25) is 0 Å². The first-order valence-corrected chi connectivity index (χ1v) is 5.67. The number of carboxylic acid groups (broad SMARTS) is 1. The lowest BCUT2D eigenvalue weighted by molar-refractivity contribution is 0.0697. The van der Waals surface area contributed by atoms with Crippen molar-refractivity contribution in [2.24, 2.45) is 0 Å². The third-order valence-corrected chi connectivity index (χ3v) is 2.63. The third-order valence-electron chi connectivity index (χ3n) is 2.63. The minimum Gasteiger partial charge on any atom is -0.478 e. The summed E-state index contributed by atoms with van der Waals surface area (Å²) in [5.74, 6) is -0.917. The fraction of sp³-hybridized carbons (Fsp3) is 0.462. The summed E-state index contributed by atoms with van der Waals surface area (Å²) in [7, 11) is 1.64. The maximum absolute atomic E-state index is 11.1. The maximum atomic E-state index is 11.1. The van der Waals surface area contributed by atoms with E-state index in [4.69, 9.17) is 9.84 Å².